The zero-order valence-corrected chi connectivity index (χ0v) is 10.4. The lowest BCUT2D eigenvalue weighted by Crippen LogP contribution is -2.17. The van der Waals surface area contributed by atoms with Crippen molar-refractivity contribution in [2.24, 2.45) is 0 Å². The molecule has 1 aliphatic rings. The molecule has 0 fully saturated rings. The summed E-state index contributed by atoms with van der Waals surface area (Å²) in [5.74, 6) is 0.473. The van der Waals surface area contributed by atoms with Gasteiger partial charge in [0.1, 0.15) is 13.2 Å². The Morgan fingerprint density at radius 2 is 1.94 bits per heavy atom. The van der Waals surface area contributed by atoms with E-state index in [1.165, 1.54) is 7.11 Å². The normalized spacial score (nSPS) is 15.2. The van der Waals surface area contributed by atoms with E-state index < -0.39 is 5.92 Å². The first-order chi connectivity index (χ1) is 8.13. The molecule has 1 aliphatic heterocycles. The van der Waals surface area contributed by atoms with E-state index in [-0.39, 0.29) is 5.97 Å². The summed E-state index contributed by atoms with van der Waals surface area (Å²) in [5.41, 5.74) is 0.683. The minimum Gasteiger partial charge on any atom is -0.486 e. The van der Waals surface area contributed by atoms with Crippen LogP contribution in [0.1, 0.15) is 18.4 Å². The van der Waals surface area contributed by atoms with Gasteiger partial charge in [0.25, 0.3) is 0 Å². The number of halogens is 1. The molecule has 5 heteroatoms. The van der Waals surface area contributed by atoms with Crippen LogP contribution in [0.4, 0.5) is 0 Å². The van der Waals surface area contributed by atoms with Crippen molar-refractivity contribution in [3.05, 3.63) is 22.7 Å². The lowest BCUT2D eigenvalue weighted by molar-refractivity contribution is -0.141. The average Bonchev–Trinajstić information content (AvgIpc) is 2.36. The second kappa shape index (κ2) is 4.84. The molecule has 1 heterocycles. The van der Waals surface area contributed by atoms with Crippen molar-refractivity contribution in [1.82, 2.24) is 0 Å². The van der Waals surface area contributed by atoms with Gasteiger partial charge in [-0.05, 0) is 18.6 Å². The van der Waals surface area contributed by atoms with Gasteiger partial charge >= 0.3 is 5.97 Å². The molecule has 92 valence electrons. The van der Waals surface area contributed by atoms with Crippen LogP contribution in [-0.2, 0) is 9.53 Å². The summed E-state index contributed by atoms with van der Waals surface area (Å²) in [6, 6.07) is 3.41. The molecule has 0 aliphatic carbocycles. The number of carbonyl (C=O) groups excluding carboxylic acids is 1. The van der Waals surface area contributed by atoms with Crippen LogP contribution in [0.3, 0.4) is 0 Å². The first-order valence-electron chi connectivity index (χ1n) is 5.30. The number of hydrogen-bond donors (Lipinski definition) is 0. The van der Waals surface area contributed by atoms with Crippen LogP contribution in [0.15, 0.2) is 12.1 Å². The third-order valence-corrected chi connectivity index (χ3v) is 3.01. The molecule has 1 aromatic carbocycles. The van der Waals surface area contributed by atoms with E-state index in [1.807, 2.05) is 0 Å². The van der Waals surface area contributed by atoms with Crippen LogP contribution in [0, 0.1) is 0 Å². The van der Waals surface area contributed by atoms with E-state index in [4.69, 9.17) is 25.8 Å². The molecule has 2 rings (SSSR count). The van der Waals surface area contributed by atoms with Crippen LogP contribution in [-0.4, -0.2) is 26.3 Å². The van der Waals surface area contributed by atoms with Gasteiger partial charge in [-0.1, -0.05) is 11.6 Å². The van der Waals surface area contributed by atoms with Gasteiger partial charge in [-0.15, -0.1) is 0 Å². The maximum atomic E-state index is 11.5. The smallest absolute Gasteiger partial charge is 0.312 e. The van der Waals surface area contributed by atoms with E-state index in [0.717, 1.165) is 0 Å². The number of benzene rings is 1. The Bertz CT molecular complexity index is 444. The van der Waals surface area contributed by atoms with Crippen LogP contribution in [0.5, 0.6) is 11.5 Å². The molecule has 1 aromatic rings. The molecule has 17 heavy (non-hydrogen) atoms. The molecule has 0 saturated heterocycles. The van der Waals surface area contributed by atoms with E-state index in [1.54, 1.807) is 19.1 Å². The third-order valence-electron chi connectivity index (χ3n) is 2.68. The fourth-order valence-electron chi connectivity index (χ4n) is 1.72. The first kappa shape index (κ1) is 12.0. The van der Waals surface area contributed by atoms with Gasteiger partial charge in [0.2, 0.25) is 0 Å². The average molecular weight is 257 g/mol. The third kappa shape index (κ3) is 2.31. The van der Waals surface area contributed by atoms with Crippen molar-refractivity contribution in [2.45, 2.75) is 12.8 Å². The van der Waals surface area contributed by atoms with E-state index in [9.17, 15) is 4.79 Å². The van der Waals surface area contributed by atoms with Crippen molar-refractivity contribution >= 4 is 17.6 Å². The molecule has 4 nitrogen and oxygen atoms in total. The molecule has 1 atom stereocenters. The van der Waals surface area contributed by atoms with E-state index >= 15 is 0 Å². The van der Waals surface area contributed by atoms with Gasteiger partial charge in [-0.2, -0.15) is 0 Å². The Kier molecular flexibility index (Phi) is 3.43. The van der Waals surface area contributed by atoms with Crippen LogP contribution >= 0.6 is 11.6 Å². The predicted octanol–water partition coefficient (Wildman–Crippen LogP) is 2.39. The number of esters is 1. The second-order valence-electron chi connectivity index (χ2n) is 3.76. The summed E-state index contributed by atoms with van der Waals surface area (Å²) < 4.78 is 15.5. The van der Waals surface area contributed by atoms with Gasteiger partial charge in [-0.25, -0.2) is 0 Å². The van der Waals surface area contributed by atoms with Crippen molar-refractivity contribution in [1.29, 1.82) is 0 Å². The highest BCUT2D eigenvalue weighted by Gasteiger charge is 2.22. The lowest BCUT2D eigenvalue weighted by Gasteiger charge is -2.21. The number of fused-ring (bicyclic) bond motifs is 1. The molecule has 0 amide bonds. The molecule has 1 unspecified atom stereocenters. The Hall–Kier alpha value is -1.42. The molecular formula is C12H13ClO4. The quantitative estimate of drug-likeness (QED) is 0.762. The summed E-state index contributed by atoms with van der Waals surface area (Å²) in [6.45, 7) is 2.75. The van der Waals surface area contributed by atoms with E-state index in [2.05, 4.69) is 0 Å². The van der Waals surface area contributed by atoms with E-state index in [0.29, 0.717) is 35.3 Å². The number of ether oxygens (including phenoxy) is 3. The van der Waals surface area contributed by atoms with Crippen LogP contribution in [0.2, 0.25) is 5.02 Å². The minimum absolute atomic E-state index is 0.330. The number of methoxy groups -OCH3 is 1. The summed E-state index contributed by atoms with van der Waals surface area (Å²) in [5, 5.41) is 0.479. The summed E-state index contributed by atoms with van der Waals surface area (Å²) >= 11 is 6.11. The summed E-state index contributed by atoms with van der Waals surface area (Å²) in [6.07, 6.45) is 0. The highest BCUT2D eigenvalue weighted by atomic mass is 35.5. The fourth-order valence-corrected chi connectivity index (χ4v) is 2.03. The van der Waals surface area contributed by atoms with Crippen molar-refractivity contribution in [3.8, 4) is 11.5 Å². The van der Waals surface area contributed by atoms with Crippen LogP contribution in [0.25, 0.3) is 0 Å². The largest absolute Gasteiger partial charge is 0.486 e. The molecule has 0 saturated carbocycles. The number of rotatable bonds is 2. The topological polar surface area (TPSA) is 44.8 Å². The molecule has 0 aromatic heterocycles. The molecule has 0 bridgehead atoms. The molecule has 0 N–H and O–H groups in total. The molecule has 0 radical (unpaired) electrons. The van der Waals surface area contributed by atoms with Crippen molar-refractivity contribution in [3.63, 3.8) is 0 Å². The SMILES string of the molecule is COC(=O)C(C)c1cc2c(cc1Cl)OCCO2. The Labute approximate surface area is 104 Å². The van der Waals surface area contributed by atoms with Crippen molar-refractivity contribution in [2.75, 3.05) is 20.3 Å². The highest BCUT2D eigenvalue weighted by molar-refractivity contribution is 6.31. The van der Waals surface area contributed by atoms with Gasteiger partial charge < -0.3 is 14.2 Å². The molecule has 0 spiro atoms. The Balaban J connectivity index is 2.37. The first-order valence-corrected chi connectivity index (χ1v) is 5.68. The summed E-state index contributed by atoms with van der Waals surface area (Å²) in [4.78, 5) is 11.5. The maximum absolute atomic E-state index is 11.5. The standard InChI is InChI=1S/C12H13ClO4/c1-7(12(14)15-2)8-5-10-11(6-9(8)13)17-4-3-16-10/h5-7H,3-4H2,1-2H3. The minimum atomic E-state index is -0.427. The van der Waals surface area contributed by atoms with Crippen molar-refractivity contribution < 1.29 is 19.0 Å². The fraction of sp³-hybridized carbons (Fsp3) is 0.417. The van der Waals surface area contributed by atoms with Gasteiger partial charge in [0.05, 0.1) is 13.0 Å². The zero-order valence-electron chi connectivity index (χ0n) is 9.66. The predicted molar refractivity (Wildman–Crippen MR) is 62.9 cm³/mol. The van der Waals surface area contributed by atoms with Gasteiger partial charge in [0.15, 0.2) is 11.5 Å². The highest BCUT2D eigenvalue weighted by Crippen LogP contribution is 2.38. The number of hydrogen-bond acceptors (Lipinski definition) is 4. The van der Waals surface area contributed by atoms with Gasteiger partial charge in [0, 0.05) is 11.1 Å². The number of carbonyl (C=O) groups is 1. The monoisotopic (exact) mass is 256 g/mol. The lowest BCUT2D eigenvalue weighted by atomic mass is 10.0. The van der Waals surface area contributed by atoms with Gasteiger partial charge in [-0.3, -0.25) is 4.79 Å². The molecular weight excluding hydrogens is 244 g/mol. The van der Waals surface area contributed by atoms with Crippen LogP contribution < -0.4 is 9.47 Å². The second-order valence-corrected chi connectivity index (χ2v) is 4.17. The Morgan fingerprint density at radius 1 is 1.35 bits per heavy atom. The zero-order chi connectivity index (χ0) is 12.4. The Morgan fingerprint density at radius 3 is 2.53 bits per heavy atom. The maximum Gasteiger partial charge on any atom is 0.312 e. The summed E-state index contributed by atoms with van der Waals surface area (Å²) in [7, 11) is 1.35.